The van der Waals surface area contributed by atoms with Crippen molar-refractivity contribution in [2.24, 2.45) is 0 Å². The van der Waals surface area contributed by atoms with E-state index in [0.29, 0.717) is 18.2 Å². The lowest BCUT2D eigenvalue weighted by Crippen LogP contribution is -2.34. The minimum Gasteiger partial charge on any atom is -0.314 e. The number of halogens is 1. The van der Waals surface area contributed by atoms with E-state index in [9.17, 15) is 4.79 Å². The molecule has 4 nitrogen and oxygen atoms in total. The highest BCUT2D eigenvalue weighted by atomic mass is 79.9. The van der Waals surface area contributed by atoms with Crippen LogP contribution in [0.2, 0.25) is 0 Å². The number of hydrogen-bond donors (Lipinski definition) is 1. The average Bonchev–Trinajstić information content (AvgIpc) is 2.79. The maximum absolute atomic E-state index is 12.4. The van der Waals surface area contributed by atoms with Crippen molar-refractivity contribution in [3.8, 4) is 0 Å². The van der Waals surface area contributed by atoms with Gasteiger partial charge in [-0.05, 0) is 55.6 Å². The van der Waals surface area contributed by atoms with E-state index in [2.05, 4.69) is 26.3 Å². The summed E-state index contributed by atoms with van der Waals surface area (Å²) in [7, 11) is 0. The van der Waals surface area contributed by atoms with Crippen LogP contribution in [0.1, 0.15) is 62.5 Å². The number of Topliss-reactive ketones (excluding diaryl/α,β-unsaturated/α-hetero) is 1. The Hall–Kier alpha value is -0.680. The molecule has 0 bridgehead atoms. The van der Waals surface area contributed by atoms with E-state index < -0.39 is 0 Å². The number of piperidine rings is 1. The third-order valence-corrected chi connectivity index (χ3v) is 4.22. The summed E-state index contributed by atoms with van der Waals surface area (Å²) in [4.78, 5) is 12.4. The Kier molecular flexibility index (Phi) is 5.16. The minimum absolute atomic E-state index is 0.186. The van der Waals surface area contributed by atoms with Crippen LogP contribution in [-0.2, 0) is 0 Å². The van der Waals surface area contributed by atoms with Crippen molar-refractivity contribution in [1.82, 2.24) is 15.1 Å². The van der Waals surface area contributed by atoms with Crippen molar-refractivity contribution in [2.45, 2.75) is 58.0 Å². The molecule has 1 aliphatic rings. The molecule has 2 rings (SSSR count). The minimum atomic E-state index is 0.186. The molecule has 2 heterocycles. The molecule has 0 aliphatic carbocycles. The second-order valence-corrected chi connectivity index (χ2v) is 6.34. The summed E-state index contributed by atoms with van der Waals surface area (Å²) in [6.45, 7) is 5.17. The molecule has 1 aromatic rings. The Bertz CT molecular complexity index is 436. The fourth-order valence-electron chi connectivity index (χ4n) is 2.59. The fraction of sp³-hybridized carbons (Fsp3) is 0.714. The topological polar surface area (TPSA) is 46.9 Å². The predicted molar refractivity (Wildman–Crippen MR) is 79.5 cm³/mol. The number of carbonyl (C=O) groups is 1. The maximum atomic E-state index is 12.4. The number of rotatable bonds is 5. The molecule has 1 atom stereocenters. The van der Waals surface area contributed by atoms with Gasteiger partial charge in [0.2, 0.25) is 0 Å². The van der Waals surface area contributed by atoms with Gasteiger partial charge in [0.1, 0.15) is 5.69 Å². The van der Waals surface area contributed by atoms with Crippen molar-refractivity contribution < 1.29 is 4.79 Å². The number of nitrogens with one attached hydrogen (secondary N) is 1. The summed E-state index contributed by atoms with van der Waals surface area (Å²) < 4.78 is 2.61. The van der Waals surface area contributed by atoms with Crippen LogP contribution in [0.25, 0.3) is 0 Å². The van der Waals surface area contributed by atoms with Gasteiger partial charge >= 0.3 is 0 Å². The van der Waals surface area contributed by atoms with Crippen LogP contribution in [0.15, 0.2) is 10.7 Å². The SMILES string of the molecule is CC(C)n1ncc(Br)c1C(=O)CCC1CCCCN1. The lowest BCUT2D eigenvalue weighted by Gasteiger charge is -2.23. The van der Waals surface area contributed by atoms with Crippen molar-refractivity contribution in [3.63, 3.8) is 0 Å². The lowest BCUT2D eigenvalue weighted by molar-refractivity contribution is 0.0961. The number of aromatic nitrogens is 2. The molecular formula is C14H22BrN3O. The zero-order chi connectivity index (χ0) is 13.8. The highest BCUT2D eigenvalue weighted by molar-refractivity contribution is 9.10. The van der Waals surface area contributed by atoms with Crippen LogP contribution in [0.3, 0.4) is 0 Å². The van der Waals surface area contributed by atoms with Crippen LogP contribution in [0.4, 0.5) is 0 Å². The first-order valence-electron chi connectivity index (χ1n) is 7.09. The zero-order valence-corrected chi connectivity index (χ0v) is 13.2. The fourth-order valence-corrected chi connectivity index (χ4v) is 3.08. The van der Waals surface area contributed by atoms with Gasteiger partial charge in [0.15, 0.2) is 5.78 Å². The Morgan fingerprint density at radius 3 is 3.00 bits per heavy atom. The van der Waals surface area contributed by atoms with Gasteiger partial charge in [-0.2, -0.15) is 5.10 Å². The van der Waals surface area contributed by atoms with Crippen LogP contribution < -0.4 is 5.32 Å². The monoisotopic (exact) mass is 327 g/mol. The van der Waals surface area contributed by atoms with Gasteiger partial charge in [0, 0.05) is 18.5 Å². The molecule has 1 N–H and O–H groups in total. The van der Waals surface area contributed by atoms with Crippen molar-refractivity contribution in [1.29, 1.82) is 0 Å². The van der Waals surface area contributed by atoms with Gasteiger partial charge < -0.3 is 5.32 Å². The van der Waals surface area contributed by atoms with Gasteiger partial charge in [0.05, 0.1) is 10.7 Å². The Balaban J connectivity index is 1.97. The first-order valence-corrected chi connectivity index (χ1v) is 7.88. The molecular weight excluding hydrogens is 306 g/mol. The van der Waals surface area contributed by atoms with Crippen LogP contribution in [0, 0.1) is 0 Å². The summed E-state index contributed by atoms with van der Waals surface area (Å²) in [6, 6.07) is 0.713. The Morgan fingerprint density at radius 1 is 1.58 bits per heavy atom. The van der Waals surface area contributed by atoms with E-state index >= 15 is 0 Å². The number of ketones is 1. The van der Waals surface area contributed by atoms with E-state index in [1.807, 2.05) is 13.8 Å². The number of carbonyl (C=O) groups excluding carboxylic acids is 1. The Morgan fingerprint density at radius 2 is 2.37 bits per heavy atom. The first kappa shape index (κ1) is 14.7. The van der Waals surface area contributed by atoms with Crippen LogP contribution >= 0.6 is 15.9 Å². The molecule has 0 aromatic carbocycles. The largest absolute Gasteiger partial charge is 0.314 e. The van der Waals surface area contributed by atoms with Crippen molar-refractivity contribution in [3.05, 3.63) is 16.4 Å². The average molecular weight is 328 g/mol. The van der Waals surface area contributed by atoms with Crippen molar-refractivity contribution in [2.75, 3.05) is 6.54 Å². The van der Waals surface area contributed by atoms with E-state index in [4.69, 9.17) is 0 Å². The standard InChI is InChI=1S/C14H22BrN3O/c1-10(2)18-14(12(15)9-17-18)13(19)7-6-11-5-3-4-8-16-11/h9-11,16H,3-8H2,1-2H3. The Labute approximate surface area is 123 Å². The molecule has 1 fully saturated rings. The third-order valence-electron chi connectivity index (χ3n) is 3.64. The second-order valence-electron chi connectivity index (χ2n) is 5.49. The zero-order valence-electron chi connectivity index (χ0n) is 11.7. The molecule has 1 aromatic heterocycles. The number of hydrogen-bond acceptors (Lipinski definition) is 3. The van der Waals surface area contributed by atoms with Crippen molar-refractivity contribution >= 4 is 21.7 Å². The summed E-state index contributed by atoms with van der Waals surface area (Å²) >= 11 is 3.43. The second kappa shape index (κ2) is 6.66. The quantitative estimate of drug-likeness (QED) is 0.844. The first-order chi connectivity index (χ1) is 9.09. The molecule has 0 saturated carbocycles. The summed E-state index contributed by atoms with van der Waals surface area (Å²) in [5.41, 5.74) is 0.714. The highest BCUT2D eigenvalue weighted by Crippen LogP contribution is 2.22. The van der Waals surface area contributed by atoms with Gasteiger partial charge in [-0.25, -0.2) is 0 Å². The maximum Gasteiger partial charge on any atom is 0.182 e. The van der Waals surface area contributed by atoms with Gasteiger partial charge in [0.25, 0.3) is 0 Å². The van der Waals surface area contributed by atoms with E-state index in [0.717, 1.165) is 17.4 Å². The molecule has 0 spiro atoms. The molecule has 19 heavy (non-hydrogen) atoms. The highest BCUT2D eigenvalue weighted by Gasteiger charge is 2.20. The van der Waals surface area contributed by atoms with Gasteiger partial charge in [-0.3, -0.25) is 9.48 Å². The normalized spacial score (nSPS) is 19.9. The third kappa shape index (κ3) is 3.66. The smallest absolute Gasteiger partial charge is 0.182 e. The predicted octanol–water partition coefficient (Wildman–Crippen LogP) is 3.33. The summed E-state index contributed by atoms with van der Waals surface area (Å²) in [5.74, 6) is 0.186. The molecule has 1 aliphatic heterocycles. The molecule has 1 saturated heterocycles. The van der Waals surface area contributed by atoms with Gasteiger partial charge in [-0.1, -0.05) is 6.42 Å². The van der Waals surface area contributed by atoms with E-state index in [1.165, 1.54) is 19.3 Å². The molecule has 1 unspecified atom stereocenters. The summed E-state index contributed by atoms with van der Waals surface area (Å²) in [5, 5.41) is 7.75. The molecule has 0 amide bonds. The molecule has 0 radical (unpaired) electrons. The molecule has 5 heteroatoms. The van der Waals surface area contributed by atoms with Gasteiger partial charge in [-0.15, -0.1) is 0 Å². The van der Waals surface area contributed by atoms with E-state index in [-0.39, 0.29) is 11.8 Å². The van der Waals surface area contributed by atoms with Crippen LogP contribution in [-0.4, -0.2) is 28.2 Å². The number of nitrogens with zero attached hydrogens (tertiary/aromatic N) is 2. The summed E-state index contributed by atoms with van der Waals surface area (Å²) in [6.07, 6.45) is 6.96. The van der Waals surface area contributed by atoms with Crippen LogP contribution in [0.5, 0.6) is 0 Å². The van der Waals surface area contributed by atoms with E-state index in [1.54, 1.807) is 10.9 Å². The lowest BCUT2D eigenvalue weighted by atomic mass is 9.99. The molecule has 106 valence electrons.